The number of rotatable bonds is 3. The Morgan fingerprint density at radius 1 is 1.33 bits per heavy atom. The Morgan fingerprint density at radius 3 is 2.67 bits per heavy atom. The molecule has 0 unspecified atom stereocenters. The average Bonchev–Trinajstić information content (AvgIpc) is 1.89. The van der Waals surface area contributed by atoms with E-state index in [0.29, 0.717) is 0 Å². The van der Waals surface area contributed by atoms with Gasteiger partial charge in [0.2, 0.25) is 0 Å². The quantitative estimate of drug-likeness (QED) is 0.501. The Kier molecular flexibility index (Phi) is 6.16. The molecule has 47 valence electrons. The van der Waals surface area contributed by atoms with Crippen molar-refractivity contribution >= 4 is 0 Å². The number of allylic oxidation sites excluding steroid dienone is 7. The Bertz CT molecular complexity index is 136. The van der Waals surface area contributed by atoms with Gasteiger partial charge < -0.3 is 0 Å². The third-order valence-corrected chi connectivity index (χ3v) is 0.713. The second-order valence-electron chi connectivity index (χ2n) is 1.45. The molecule has 0 aliphatic carbocycles. The molecule has 0 saturated heterocycles. The van der Waals surface area contributed by atoms with Crippen LogP contribution in [0.2, 0.25) is 0 Å². The lowest BCUT2D eigenvalue weighted by Crippen LogP contribution is -1.49. The van der Waals surface area contributed by atoms with Crippen molar-refractivity contribution in [2.24, 2.45) is 0 Å². The van der Waals surface area contributed by atoms with Gasteiger partial charge in [0.15, 0.2) is 0 Å². The van der Waals surface area contributed by atoms with Crippen molar-refractivity contribution in [3.63, 3.8) is 0 Å². The molecule has 0 spiro atoms. The SMILES string of the molecule is C=CC=C/[C]=C/C=CC. The first-order chi connectivity index (χ1) is 4.41. The normalized spacial score (nSPS) is 12.1. The van der Waals surface area contributed by atoms with E-state index in [1.165, 1.54) is 0 Å². The summed E-state index contributed by atoms with van der Waals surface area (Å²) < 4.78 is 0. The van der Waals surface area contributed by atoms with Gasteiger partial charge in [-0.3, -0.25) is 0 Å². The van der Waals surface area contributed by atoms with Crippen molar-refractivity contribution in [3.05, 3.63) is 49.1 Å². The molecular weight excluding hydrogens is 108 g/mol. The van der Waals surface area contributed by atoms with Crippen LogP contribution in [0.4, 0.5) is 0 Å². The molecule has 0 N–H and O–H groups in total. The molecule has 0 aromatic heterocycles. The average molecular weight is 119 g/mol. The molecule has 0 rings (SSSR count). The summed E-state index contributed by atoms with van der Waals surface area (Å²) in [4.78, 5) is 0. The van der Waals surface area contributed by atoms with E-state index in [4.69, 9.17) is 0 Å². The molecule has 0 heterocycles. The minimum atomic E-state index is 1.72. The zero-order valence-electron chi connectivity index (χ0n) is 5.67. The smallest absolute Gasteiger partial charge is 0.0184 e. The van der Waals surface area contributed by atoms with Crippen molar-refractivity contribution in [2.75, 3.05) is 0 Å². The fraction of sp³-hybridized carbons (Fsp3) is 0.111. The predicted molar refractivity (Wildman–Crippen MR) is 42.0 cm³/mol. The molecule has 0 atom stereocenters. The van der Waals surface area contributed by atoms with Gasteiger partial charge in [-0.25, -0.2) is 0 Å². The first kappa shape index (κ1) is 7.96. The van der Waals surface area contributed by atoms with Crippen LogP contribution in [-0.2, 0) is 0 Å². The van der Waals surface area contributed by atoms with Crippen LogP contribution in [0.5, 0.6) is 0 Å². The van der Waals surface area contributed by atoms with Crippen LogP contribution in [0.25, 0.3) is 0 Å². The van der Waals surface area contributed by atoms with Crippen LogP contribution in [0.15, 0.2) is 43.0 Å². The van der Waals surface area contributed by atoms with Crippen LogP contribution in [0, 0.1) is 6.08 Å². The standard InChI is InChI=1S/C9H11/c1-3-5-7-9-8-6-4-2/h3-8H,1H2,2H3. The third kappa shape index (κ3) is 6.96. The molecule has 0 aliphatic rings. The maximum atomic E-state index is 3.52. The minimum absolute atomic E-state index is 1.72. The maximum Gasteiger partial charge on any atom is -0.0184 e. The molecule has 0 bridgehead atoms. The molecular formula is C9H11. The van der Waals surface area contributed by atoms with Crippen LogP contribution in [0.3, 0.4) is 0 Å². The van der Waals surface area contributed by atoms with Crippen molar-refractivity contribution < 1.29 is 0 Å². The summed E-state index contributed by atoms with van der Waals surface area (Å²) in [5, 5.41) is 0. The van der Waals surface area contributed by atoms with Crippen LogP contribution in [0.1, 0.15) is 6.92 Å². The summed E-state index contributed by atoms with van der Waals surface area (Å²) in [6.45, 7) is 5.49. The summed E-state index contributed by atoms with van der Waals surface area (Å²) in [5.41, 5.74) is 0. The largest absolute Gasteiger partial charge is 0.0991 e. The molecule has 9 heavy (non-hydrogen) atoms. The van der Waals surface area contributed by atoms with E-state index in [1.54, 1.807) is 6.08 Å². The zero-order valence-corrected chi connectivity index (χ0v) is 5.67. The van der Waals surface area contributed by atoms with E-state index in [1.807, 2.05) is 37.3 Å². The molecule has 0 fully saturated rings. The van der Waals surface area contributed by atoms with Gasteiger partial charge >= 0.3 is 0 Å². The highest BCUT2D eigenvalue weighted by Gasteiger charge is 1.58. The van der Waals surface area contributed by atoms with Gasteiger partial charge in [-0.1, -0.05) is 43.0 Å². The van der Waals surface area contributed by atoms with Crippen LogP contribution >= 0.6 is 0 Å². The molecule has 0 aromatic carbocycles. The third-order valence-electron chi connectivity index (χ3n) is 0.713. The minimum Gasteiger partial charge on any atom is -0.0991 e. The lowest BCUT2D eigenvalue weighted by molar-refractivity contribution is 1.72. The summed E-state index contributed by atoms with van der Waals surface area (Å²) in [6, 6.07) is 0. The van der Waals surface area contributed by atoms with E-state index in [0.717, 1.165) is 0 Å². The van der Waals surface area contributed by atoms with Gasteiger partial charge in [-0.2, -0.15) is 0 Å². The van der Waals surface area contributed by atoms with E-state index >= 15 is 0 Å². The summed E-state index contributed by atoms with van der Waals surface area (Å²) >= 11 is 0. The predicted octanol–water partition coefficient (Wildman–Crippen LogP) is 2.66. The van der Waals surface area contributed by atoms with E-state index in [-0.39, 0.29) is 0 Å². The summed E-state index contributed by atoms with van der Waals surface area (Å²) in [7, 11) is 0. The molecule has 1 radical (unpaired) electrons. The fourth-order valence-electron chi connectivity index (χ4n) is 0.331. The number of hydrogen-bond acceptors (Lipinski definition) is 0. The Hall–Kier alpha value is -1.04. The number of hydrogen-bond donors (Lipinski definition) is 0. The van der Waals surface area contributed by atoms with Gasteiger partial charge in [0.1, 0.15) is 0 Å². The van der Waals surface area contributed by atoms with E-state index in [9.17, 15) is 0 Å². The molecule has 0 nitrogen and oxygen atoms in total. The van der Waals surface area contributed by atoms with Gasteiger partial charge in [0.25, 0.3) is 0 Å². The monoisotopic (exact) mass is 119 g/mol. The van der Waals surface area contributed by atoms with Gasteiger partial charge in [-0.15, -0.1) is 0 Å². The van der Waals surface area contributed by atoms with E-state index in [2.05, 4.69) is 12.7 Å². The van der Waals surface area contributed by atoms with Crippen LogP contribution < -0.4 is 0 Å². The van der Waals surface area contributed by atoms with Gasteiger partial charge in [-0.05, 0) is 13.0 Å². The fourth-order valence-corrected chi connectivity index (χ4v) is 0.331. The molecule has 0 amide bonds. The Morgan fingerprint density at radius 2 is 2.11 bits per heavy atom. The van der Waals surface area contributed by atoms with Crippen molar-refractivity contribution in [3.8, 4) is 0 Å². The Balaban J connectivity index is 3.46. The van der Waals surface area contributed by atoms with Crippen LogP contribution in [-0.4, -0.2) is 0 Å². The first-order valence-corrected chi connectivity index (χ1v) is 2.90. The van der Waals surface area contributed by atoms with Crippen molar-refractivity contribution in [1.29, 1.82) is 0 Å². The van der Waals surface area contributed by atoms with Gasteiger partial charge in [0.05, 0.1) is 0 Å². The zero-order chi connectivity index (χ0) is 6.95. The van der Waals surface area contributed by atoms with Gasteiger partial charge in [0, 0.05) is 0 Å². The second-order valence-corrected chi connectivity index (χ2v) is 1.45. The van der Waals surface area contributed by atoms with Crippen molar-refractivity contribution in [2.45, 2.75) is 6.92 Å². The van der Waals surface area contributed by atoms with E-state index < -0.39 is 0 Å². The maximum absolute atomic E-state index is 3.52. The Labute approximate surface area is 56.9 Å². The molecule has 0 aliphatic heterocycles. The molecule has 0 saturated carbocycles. The topological polar surface area (TPSA) is 0 Å². The second kappa shape index (κ2) is 6.96. The highest BCUT2D eigenvalue weighted by atomic mass is 13.6. The highest BCUT2D eigenvalue weighted by Crippen LogP contribution is 1.77. The lowest BCUT2D eigenvalue weighted by Gasteiger charge is -1.68. The summed E-state index contributed by atoms with van der Waals surface area (Å²) in [5.74, 6) is 0. The lowest BCUT2D eigenvalue weighted by atomic mass is 10.4. The summed E-state index contributed by atoms with van der Waals surface area (Å²) in [6.07, 6.45) is 14.0. The van der Waals surface area contributed by atoms with Crippen molar-refractivity contribution in [1.82, 2.24) is 0 Å². The molecule has 0 aromatic rings. The highest BCUT2D eigenvalue weighted by molar-refractivity contribution is 5.08. The molecule has 0 heteroatoms. The first-order valence-electron chi connectivity index (χ1n) is 2.90.